The van der Waals surface area contributed by atoms with Gasteiger partial charge in [-0.1, -0.05) is 19.3 Å². The van der Waals surface area contributed by atoms with Gasteiger partial charge in [-0.05, 0) is 44.6 Å². The Morgan fingerprint density at radius 2 is 1.60 bits per heavy atom. The molecule has 0 heterocycles. The Hall–Kier alpha value is -0.0800. The Balaban J connectivity index is 1.61. The highest BCUT2D eigenvalue weighted by molar-refractivity contribution is 4.84. The largest absolute Gasteiger partial charge is 0.328 e. The standard InChI is InChI=1S/C13H26N2/c1-15(10-12-7-13(14)8-12)9-11-5-3-2-4-6-11/h11-13H,2-10,14H2,1H3. The molecule has 0 radical (unpaired) electrons. The first-order chi connectivity index (χ1) is 7.24. The van der Waals surface area contributed by atoms with Crippen LogP contribution in [0.3, 0.4) is 0 Å². The molecular formula is C13H26N2. The molecule has 2 heteroatoms. The molecule has 15 heavy (non-hydrogen) atoms. The predicted octanol–water partition coefficient (Wildman–Crippen LogP) is 2.24. The third-order valence-corrected chi connectivity index (χ3v) is 4.14. The quantitative estimate of drug-likeness (QED) is 0.771. The van der Waals surface area contributed by atoms with Crippen molar-refractivity contribution in [2.75, 3.05) is 20.1 Å². The van der Waals surface area contributed by atoms with Gasteiger partial charge in [0.2, 0.25) is 0 Å². The van der Waals surface area contributed by atoms with Gasteiger partial charge in [0.25, 0.3) is 0 Å². The van der Waals surface area contributed by atoms with Crippen molar-refractivity contribution in [3.8, 4) is 0 Å². The van der Waals surface area contributed by atoms with E-state index in [-0.39, 0.29) is 0 Å². The minimum Gasteiger partial charge on any atom is -0.328 e. The molecule has 2 rings (SSSR count). The van der Waals surface area contributed by atoms with Gasteiger partial charge in [0, 0.05) is 19.1 Å². The average molecular weight is 210 g/mol. The molecule has 2 saturated carbocycles. The van der Waals surface area contributed by atoms with E-state index in [0.29, 0.717) is 6.04 Å². The number of hydrogen-bond donors (Lipinski definition) is 1. The smallest absolute Gasteiger partial charge is 0.00450 e. The highest BCUT2D eigenvalue weighted by Gasteiger charge is 2.27. The van der Waals surface area contributed by atoms with Crippen molar-refractivity contribution < 1.29 is 0 Å². The molecule has 0 amide bonds. The average Bonchev–Trinajstić information content (AvgIpc) is 2.17. The van der Waals surface area contributed by atoms with Gasteiger partial charge in [-0.25, -0.2) is 0 Å². The summed E-state index contributed by atoms with van der Waals surface area (Å²) in [6, 6.07) is 0.512. The maximum Gasteiger partial charge on any atom is 0.00450 e. The fourth-order valence-electron chi connectivity index (χ4n) is 3.26. The van der Waals surface area contributed by atoms with Crippen molar-refractivity contribution in [2.45, 2.75) is 51.0 Å². The normalized spacial score (nSPS) is 33.0. The van der Waals surface area contributed by atoms with E-state index < -0.39 is 0 Å². The SMILES string of the molecule is CN(CC1CCCCC1)CC1CC(N)C1. The Labute approximate surface area is 94.2 Å². The lowest BCUT2D eigenvalue weighted by Crippen LogP contribution is -2.42. The van der Waals surface area contributed by atoms with E-state index in [1.165, 1.54) is 58.0 Å². The van der Waals surface area contributed by atoms with Crippen LogP contribution in [0.4, 0.5) is 0 Å². The monoisotopic (exact) mass is 210 g/mol. The maximum absolute atomic E-state index is 5.81. The van der Waals surface area contributed by atoms with Crippen molar-refractivity contribution in [3.63, 3.8) is 0 Å². The maximum atomic E-state index is 5.81. The van der Waals surface area contributed by atoms with Gasteiger partial charge in [-0.3, -0.25) is 0 Å². The van der Waals surface area contributed by atoms with E-state index in [4.69, 9.17) is 5.73 Å². The number of hydrogen-bond acceptors (Lipinski definition) is 2. The van der Waals surface area contributed by atoms with Crippen molar-refractivity contribution in [2.24, 2.45) is 17.6 Å². The fourth-order valence-corrected chi connectivity index (χ4v) is 3.26. The molecule has 2 nitrogen and oxygen atoms in total. The van der Waals surface area contributed by atoms with Gasteiger partial charge in [0.05, 0.1) is 0 Å². The van der Waals surface area contributed by atoms with Crippen molar-refractivity contribution >= 4 is 0 Å². The summed E-state index contributed by atoms with van der Waals surface area (Å²) in [6.45, 7) is 2.61. The van der Waals surface area contributed by atoms with E-state index in [9.17, 15) is 0 Å². The molecular weight excluding hydrogens is 184 g/mol. The van der Waals surface area contributed by atoms with Gasteiger partial charge < -0.3 is 10.6 Å². The minimum atomic E-state index is 0.512. The number of nitrogens with zero attached hydrogens (tertiary/aromatic N) is 1. The summed E-state index contributed by atoms with van der Waals surface area (Å²) >= 11 is 0. The fraction of sp³-hybridized carbons (Fsp3) is 1.00. The molecule has 0 spiro atoms. The lowest BCUT2D eigenvalue weighted by molar-refractivity contribution is 0.156. The summed E-state index contributed by atoms with van der Waals surface area (Å²) in [5.41, 5.74) is 5.81. The highest BCUT2D eigenvalue weighted by Crippen LogP contribution is 2.28. The van der Waals surface area contributed by atoms with Crippen LogP contribution in [0.25, 0.3) is 0 Å². The van der Waals surface area contributed by atoms with Crippen LogP contribution < -0.4 is 5.73 Å². The summed E-state index contributed by atoms with van der Waals surface area (Å²) in [5.74, 6) is 1.88. The van der Waals surface area contributed by atoms with Crippen LogP contribution in [0.5, 0.6) is 0 Å². The van der Waals surface area contributed by atoms with Gasteiger partial charge >= 0.3 is 0 Å². The van der Waals surface area contributed by atoms with Crippen LogP contribution >= 0.6 is 0 Å². The number of nitrogens with two attached hydrogens (primary N) is 1. The Bertz CT molecular complexity index is 181. The van der Waals surface area contributed by atoms with Crippen LogP contribution in [0, 0.1) is 11.8 Å². The van der Waals surface area contributed by atoms with E-state index >= 15 is 0 Å². The first-order valence-electron chi connectivity index (χ1n) is 6.68. The van der Waals surface area contributed by atoms with Gasteiger partial charge in [-0.2, -0.15) is 0 Å². The number of rotatable bonds is 4. The minimum absolute atomic E-state index is 0.512. The van der Waals surface area contributed by atoms with E-state index in [1.54, 1.807) is 0 Å². The summed E-state index contributed by atoms with van der Waals surface area (Å²) in [4.78, 5) is 2.55. The molecule has 0 aromatic heterocycles. The molecule has 2 N–H and O–H groups in total. The first-order valence-corrected chi connectivity index (χ1v) is 6.68. The van der Waals surface area contributed by atoms with Crippen LogP contribution in [0.15, 0.2) is 0 Å². The third-order valence-electron chi connectivity index (χ3n) is 4.14. The summed E-state index contributed by atoms with van der Waals surface area (Å²) in [6.07, 6.45) is 9.85. The van der Waals surface area contributed by atoms with E-state index in [0.717, 1.165) is 11.8 Å². The molecule has 2 fully saturated rings. The van der Waals surface area contributed by atoms with Crippen LogP contribution in [-0.2, 0) is 0 Å². The van der Waals surface area contributed by atoms with Gasteiger partial charge in [0.15, 0.2) is 0 Å². The zero-order valence-corrected chi connectivity index (χ0v) is 10.1. The van der Waals surface area contributed by atoms with Gasteiger partial charge in [0.1, 0.15) is 0 Å². The molecule has 0 aliphatic heterocycles. The zero-order chi connectivity index (χ0) is 10.7. The molecule has 0 aromatic rings. The Morgan fingerprint density at radius 3 is 2.20 bits per heavy atom. The lowest BCUT2D eigenvalue weighted by Gasteiger charge is -2.36. The van der Waals surface area contributed by atoms with Crippen molar-refractivity contribution in [1.82, 2.24) is 4.90 Å². The molecule has 88 valence electrons. The summed E-state index contributed by atoms with van der Waals surface area (Å²) in [7, 11) is 2.29. The van der Waals surface area contributed by atoms with Gasteiger partial charge in [-0.15, -0.1) is 0 Å². The second-order valence-corrected chi connectivity index (χ2v) is 5.82. The van der Waals surface area contributed by atoms with Crippen molar-refractivity contribution in [3.05, 3.63) is 0 Å². The van der Waals surface area contributed by atoms with Crippen LogP contribution in [0.2, 0.25) is 0 Å². The second kappa shape index (κ2) is 5.31. The molecule has 0 bridgehead atoms. The molecule has 0 atom stereocenters. The lowest BCUT2D eigenvalue weighted by atomic mass is 9.80. The predicted molar refractivity (Wildman–Crippen MR) is 64.8 cm³/mol. The highest BCUT2D eigenvalue weighted by atomic mass is 15.1. The zero-order valence-electron chi connectivity index (χ0n) is 10.1. The summed E-state index contributed by atoms with van der Waals surface area (Å²) < 4.78 is 0. The van der Waals surface area contributed by atoms with Crippen molar-refractivity contribution in [1.29, 1.82) is 0 Å². The van der Waals surface area contributed by atoms with E-state index in [1.807, 2.05) is 0 Å². The van der Waals surface area contributed by atoms with Crippen LogP contribution in [0.1, 0.15) is 44.9 Å². The summed E-state index contributed by atoms with van der Waals surface area (Å²) in [5, 5.41) is 0. The van der Waals surface area contributed by atoms with Crippen LogP contribution in [-0.4, -0.2) is 31.1 Å². The molecule has 0 saturated heterocycles. The Morgan fingerprint density at radius 1 is 1.00 bits per heavy atom. The molecule has 2 aliphatic carbocycles. The molecule has 2 aliphatic rings. The topological polar surface area (TPSA) is 29.3 Å². The molecule has 0 aromatic carbocycles. The Kier molecular flexibility index (Phi) is 4.04. The van der Waals surface area contributed by atoms with E-state index in [2.05, 4.69) is 11.9 Å². The third kappa shape index (κ3) is 3.46. The first kappa shape index (κ1) is 11.4. The molecule has 0 unspecified atom stereocenters. The second-order valence-electron chi connectivity index (χ2n) is 5.82.